The number of hydrogen-bond acceptors (Lipinski definition) is 2. The van der Waals surface area contributed by atoms with Crippen LogP contribution in [-0.2, 0) is 0 Å². The first kappa shape index (κ1) is 8.63. The molecule has 0 aromatic carbocycles. The molecule has 0 unspecified atom stereocenters. The van der Waals surface area contributed by atoms with Crippen molar-refractivity contribution in [3.05, 3.63) is 0 Å². The van der Waals surface area contributed by atoms with Crippen molar-refractivity contribution < 1.29 is 0 Å². The van der Waals surface area contributed by atoms with Crippen molar-refractivity contribution in [2.24, 2.45) is 4.99 Å². The Morgan fingerprint density at radius 3 is 2.22 bits per heavy atom. The van der Waals surface area contributed by atoms with Gasteiger partial charge < -0.3 is 4.90 Å². The second-order valence-electron chi connectivity index (χ2n) is 2.63. The van der Waals surface area contributed by atoms with Crippen LogP contribution in [0.1, 0.15) is 13.8 Å². The molecule has 0 radical (unpaired) electrons. The van der Waals surface area contributed by atoms with Gasteiger partial charge in [-0.1, -0.05) is 0 Å². The van der Waals surface area contributed by atoms with Crippen LogP contribution in [0.5, 0.6) is 0 Å². The van der Waals surface area contributed by atoms with Crippen LogP contribution in [0.15, 0.2) is 4.99 Å². The molecule has 0 fully saturated rings. The van der Waals surface area contributed by atoms with E-state index in [4.69, 9.17) is 0 Å². The highest BCUT2D eigenvalue weighted by molar-refractivity contribution is 5.79. The Bertz CT molecular complexity index is 91.1. The van der Waals surface area contributed by atoms with Crippen molar-refractivity contribution in [2.45, 2.75) is 13.8 Å². The summed E-state index contributed by atoms with van der Waals surface area (Å²) >= 11 is 0. The van der Waals surface area contributed by atoms with E-state index in [9.17, 15) is 0 Å². The summed E-state index contributed by atoms with van der Waals surface area (Å²) in [6.07, 6.45) is 0. The second-order valence-corrected chi connectivity index (χ2v) is 2.63. The lowest BCUT2D eigenvalue weighted by Crippen LogP contribution is -2.15. The summed E-state index contributed by atoms with van der Waals surface area (Å²) in [4.78, 5) is 6.37. The summed E-state index contributed by atoms with van der Waals surface area (Å²) in [5.74, 6) is 0. The highest BCUT2D eigenvalue weighted by atomic mass is 15.1. The first-order valence-electron chi connectivity index (χ1n) is 3.25. The second kappa shape index (κ2) is 4.50. The van der Waals surface area contributed by atoms with Gasteiger partial charge in [-0.15, -0.1) is 0 Å². The first-order valence-corrected chi connectivity index (χ1v) is 3.25. The fraction of sp³-hybridized carbons (Fsp3) is 0.857. The lowest BCUT2D eigenvalue weighted by molar-refractivity contribution is 0.420. The van der Waals surface area contributed by atoms with Gasteiger partial charge in [-0.05, 0) is 27.9 Å². The van der Waals surface area contributed by atoms with E-state index in [1.165, 1.54) is 0 Å². The predicted molar refractivity (Wildman–Crippen MR) is 42.2 cm³/mol. The van der Waals surface area contributed by atoms with Crippen LogP contribution < -0.4 is 0 Å². The van der Waals surface area contributed by atoms with Gasteiger partial charge >= 0.3 is 0 Å². The normalized spacial score (nSPS) is 9.89. The van der Waals surface area contributed by atoms with Gasteiger partial charge in [0, 0.05) is 12.3 Å². The summed E-state index contributed by atoms with van der Waals surface area (Å²) in [6, 6.07) is 0. The van der Waals surface area contributed by atoms with Crippen LogP contribution in [0.4, 0.5) is 0 Å². The Morgan fingerprint density at radius 2 is 1.89 bits per heavy atom. The molecule has 2 heteroatoms. The van der Waals surface area contributed by atoms with Gasteiger partial charge in [0.1, 0.15) is 0 Å². The van der Waals surface area contributed by atoms with Gasteiger partial charge in [-0.25, -0.2) is 0 Å². The molecule has 0 atom stereocenters. The lowest BCUT2D eigenvalue weighted by Gasteiger charge is -2.05. The van der Waals surface area contributed by atoms with Crippen LogP contribution in [0, 0.1) is 0 Å². The molecule has 0 aliphatic rings. The Hall–Kier alpha value is -0.370. The Labute approximate surface area is 57.6 Å². The Balaban J connectivity index is 3.20. The van der Waals surface area contributed by atoms with Gasteiger partial charge in [-0.2, -0.15) is 0 Å². The highest BCUT2D eigenvalue weighted by Gasteiger charge is 1.85. The summed E-state index contributed by atoms with van der Waals surface area (Å²) in [6.45, 7) is 6.02. The van der Waals surface area contributed by atoms with E-state index in [-0.39, 0.29) is 0 Å². The molecule has 0 aliphatic carbocycles. The maximum Gasteiger partial charge on any atom is 0.0515 e. The van der Waals surface area contributed by atoms with E-state index in [0.29, 0.717) is 0 Å². The summed E-state index contributed by atoms with van der Waals surface area (Å²) < 4.78 is 0. The zero-order valence-electron chi connectivity index (χ0n) is 6.81. The van der Waals surface area contributed by atoms with Crippen LogP contribution in [0.3, 0.4) is 0 Å². The molecule has 0 rings (SSSR count). The molecule has 0 aliphatic heterocycles. The van der Waals surface area contributed by atoms with Crippen LogP contribution in [0.25, 0.3) is 0 Å². The van der Waals surface area contributed by atoms with Crippen molar-refractivity contribution in [1.82, 2.24) is 4.90 Å². The molecule has 0 aromatic heterocycles. The van der Waals surface area contributed by atoms with Crippen molar-refractivity contribution in [1.29, 1.82) is 0 Å². The van der Waals surface area contributed by atoms with Crippen molar-refractivity contribution in [2.75, 3.05) is 27.2 Å². The maximum absolute atomic E-state index is 4.24. The Morgan fingerprint density at radius 1 is 1.33 bits per heavy atom. The van der Waals surface area contributed by atoms with E-state index in [0.717, 1.165) is 18.8 Å². The van der Waals surface area contributed by atoms with Crippen LogP contribution in [0.2, 0.25) is 0 Å². The minimum Gasteiger partial charge on any atom is -0.308 e. The van der Waals surface area contributed by atoms with Crippen LogP contribution in [-0.4, -0.2) is 37.8 Å². The molecular weight excluding hydrogens is 112 g/mol. The zero-order valence-corrected chi connectivity index (χ0v) is 6.81. The molecule has 0 spiro atoms. The summed E-state index contributed by atoms with van der Waals surface area (Å²) in [5, 5.41) is 0. The van der Waals surface area contributed by atoms with E-state index in [2.05, 4.69) is 24.0 Å². The van der Waals surface area contributed by atoms with Crippen molar-refractivity contribution >= 4 is 5.71 Å². The van der Waals surface area contributed by atoms with E-state index in [1.807, 2.05) is 13.8 Å². The lowest BCUT2D eigenvalue weighted by atomic mass is 10.5. The monoisotopic (exact) mass is 128 g/mol. The molecule has 2 nitrogen and oxygen atoms in total. The Kier molecular flexibility index (Phi) is 4.32. The quantitative estimate of drug-likeness (QED) is 0.518. The van der Waals surface area contributed by atoms with E-state index < -0.39 is 0 Å². The molecule has 0 heterocycles. The van der Waals surface area contributed by atoms with Crippen LogP contribution >= 0.6 is 0 Å². The van der Waals surface area contributed by atoms with Gasteiger partial charge in [0.05, 0.1) is 6.54 Å². The third-order valence-corrected chi connectivity index (χ3v) is 0.975. The van der Waals surface area contributed by atoms with Gasteiger partial charge in [0.2, 0.25) is 0 Å². The molecule has 0 amide bonds. The fourth-order valence-corrected chi connectivity index (χ4v) is 0.474. The minimum absolute atomic E-state index is 0.926. The largest absolute Gasteiger partial charge is 0.308 e. The third kappa shape index (κ3) is 7.63. The number of likely N-dealkylation sites (N-methyl/N-ethyl adjacent to an activating group) is 1. The van der Waals surface area contributed by atoms with E-state index >= 15 is 0 Å². The average Bonchev–Trinajstić information content (AvgIpc) is 1.63. The molecular formula is C7H16N2. The van der Waals surface area contributed by atoms with Gasteiger partial charge in [-0.3, -0.25) is 4.99 Å². The third-order valence-electron chi connectivity index (χ3n) is 0.975. The van der Waals surface area contributed by atoms with Gasteiger partial charge in [0.15, 0.2) is 0 Å². The van der Waals surface area contributed by atoms with Crippen molar-refractivity contribution in [3.63, 3.8) is 0 Å². The molecule has 0 saturated carbocycles. The van der Waals surface area contributed by atoms with Crippen molar-refractivity contribution in [3.8, 4) is 0 Å². The molecule has 0 saturated heterocycles. The number of nitrogens with zero attached hydrogens (tertiary/aromatic N) is 2. The molecule has 0 N–H and O–H groups in total. The molecule has 9 heavy (non-hydrogen) atoms. The SMILES string of the molecule is CC(C)=NCCN(C)C. The summed E-state index contributed by atoms with van der Waals surface area (Å²) in [7, 11) is 4.11. The smallest absolute Gasteiger partial charge is 0.0515 e. The number of aliphatic imine (C=N–C) groups is 1. The summed E-state index contributed by atoms with van der Waals surface area (Å²) in [5.41, 5.74) is 1.16. The maximum atomic E-state index is 4.24. The topological polar surface area (TPSA) is 15.6 Å². The zero-order chi connectivity index (χ0) is 7.28. The first-order chi connectivity index (χ1) is 4.13. The van der Waals surface area contributed by atoms with E-state index in [1.54, 1.807) is 0 Å². The highest BCUT2D eigenvalue weighted by Crippen LogP contribution is 1.78. The number of rotatable bonds is 3. The average molecular weight is 128 g/mol. The molecule has 0 bridgehead atoms. The minimum atomic E-state index is 0.926. The molecule has 54 valence electrons. The standard InChI is InChI=1S/C7H16N2/c1-7(2)8-5-6-9(3)4/h5-6H2,1-4H3. The molecule has 0 aromatic rings. The van der Waals surface area contributed by atoms with Gasteiger partial charge in [0.25, 0.3) is 0 Å². The predicted octanol–water partition coefficient (Wildman–Crippen LogP) is 1.03. The number of hydrogen-bond donors (Lipinski definition) is 0. The fourth-order valence-electron chi connectivity index (χ4n) is 0.474.